The Hall–Kier alpha value is -1.93. The monoisotopic (exact) mass is 307 g/mol. The maximum Gasteiger partial charge on any atom is 0.238 e. The fraction of sp³-hybridized carbons (Fsp3) is 0.381. The van der Waals surface area contributed by atoms with Crippen LogP contribution in [0.1, 0.15) is 62.4 Å². The molecule has 1 N–H and O–H groups in total. The van der Waals surface area contributed by atoms with E-state index in [1.165, 1.54) is 22.4 Å². The fourth-order valence-corrected chi connectivity index (χ4v) is 3.41. The Morgan fingerprint density at radius 3 is 2.04 bits per heavy atom. The second-order valence-corrected chi connectivity index (χ2v) is 6.91. The molecule has 1 aliphatic heterocycles. The van der Waals surface area contributed by atoms with E-state index in [1.54, 1.807) is 0 Å². The van der Waals surface area contributed by atoms with Crippen LogP contribution in [-0.2, 0) is 0 Å². The Balaban J connectivity index is 2.13. The van der Waals surface area contributed by atoms with E-state index in [1.807, 2.05) is 0 Å². The predicted molar refractivity (Wildman–Crippen MR) is 97.8 cm³/mol. The minimum Gasteiger partial charge on any atom is -0.245 e. The fourth-order valence-electron chi connectivity index (χ4n) is 3.41. The first-order chi connectivity index (χ1) is 11.1. The van der Waals surface area contributed by atoms with Crippen molar-refractivity contribution in [2.75, 3.05) is 6.54 Å². The van der Waals surface area contributed by atoms with E-state index in [2.05, 4.69) is 92.3 Å². The summed E-state index contributed by atoms with van der Waals surface area (Å²) >= 11 is 0. The summed E-state index contributed by atoms with van der Waals surface area (Å²) in [4.78, 5) is 0. The lowest BCUT2D eigenvalue weighted by Gasteiger charge is -2.19. The van der Waals surface area contributed by atoms with Gasteiger partial charge in [0.2, 0.25) is 11.9 Å². The lowest BCUT2D eigenvalue weighted by molar-refractivity contribution is -0.485. The number of benzene rings is 2. The van der Waals surface area contributed by atoms with Crippen LogP contribution in [0.4, 0.5) is 5.69 Å². The van der Waals surface area contributed by atoms with E-state index in [0.717, 1.165) is 6.54 Å². The van der Waals surface area contributed by atoms with Gasteiger partial charge >= 0.3 is 0 Å². The van der Waals surface area contributed by atoms with Crippen molar-refractivity contribution >= 4 is 11.9 Å². The van der Waals surface area contributed by atoms with Crippen molar-refractivity contribution in [2.45, 2.75) is 45.7 Å². The van der Waals surface area contributed by atoms with Crippen LogP contribution in [0.3, 0.4) is 0 Å². The van der Waals surface area contributed by atoms with Gasteiger partial charge in [0.25, 0.3) is 0 Å². The molecule has 0 saturated carbocycles. The SMILES string of the molecule is CC(C)c1cccc(C(C)C)c1[N+]1=CCNC1c1ccccc1. The molecule has 1 heterocycles. The Bertz CT molecular complexity index is 673. The van der Waals surface area contributed by atoms with Gasteiger partial charge in [0.1, 0.15) is 0 Å². The number of rotatable bonds is 4. The predicted octanol–water partition coefficient (Wildman–Crippen LogP) is 4.95. The molecule has 0 bridgehead atoms. The van der Waals surface area contributed by atoms with Gasteiger partial charge in [-0.3, -0.25) is 0 Å². The van der Waals surface area contributed by atoms with Crippen LogP contribution in [-0.4, -0.2) is 17.3 Å². The summed E-state index contributed by atoms with van der Waals surface area (Å²) in [5.74, 6) is 1.02. The van der Waals surface area contributed by atoms with Gasteiger partial charge < -0.3 is 0 Å². The third kappa shape index (κ3) is 3.09. The molecule has 1 unspecified atom stereocenters. The van der Waals surface area contributed by atoms with Gasteiger partial charge in [-0.15, -0.1) is 0 Å². The average molecular weight is 307 g/mol. The quantitative estimate of drug-likeness (QED) is 0.790. The summed E-state index contributed by atoms with van der Waals surface area (Å²) in [6.07, 6.45) is 2.51. The Morgan fingerprint density at radius 1 is 0.870 bits per heavy atom. The van der Waals surface area contributed by atoms with E-state index in [9.17, 15) is 0 Å². The van der Waals surface area contributed by atoms with E-state index >= 15 is 0 Å². The van der Waals surface area contributed by atoms with Gasteiger partial charge in [-0.1, -0.05) is 76.2 Å². The van der Waals surface area contributed by atoms with Gasteiger partial charge in [0.05, 0.1) is 6.54 Å². The summed E-state index contributed by atoms with van der Waals surface area (Å²) in [6, 6.07) is 17.5. The zero-order valence-electron chi connectivity index (χ0n) is 14.6. The summed E-state index contributed by atoms with van der Waals surface area (Å²) in [6.45, 7) is 10.0. The molecule has 23 heavy (non-hydrogen) atoms. The Labute approximate surface area is 139 Å². The summed E-state index contributed by atoms with van der Waals surface area (Å²) in [5, 5.41) is 3.62. The molecular formula is C21H27N2+. The van der Waals surface area contributed by atoms with Crippen molar-refractivity contribution in [3.05, 3.63) is 65.2 Å². The summed E-state index contributed by atoms with van der Waals surface area (Å²) in [5.41, 5.74) is 5.56. The van der Waals surface area contributed by atoms with E-state index in [-0.39, 0.29) is 6.17 Å². The Morgan fingerprint density at radius 2 is 1.48 bits per heavy atom. The summed E-state index contributed by atoms with van der Waals surface area (Å²) < 4.78 is 2.44. The molecule has 1 atom stereocenters. The third-order valence-corrected chi connectivity index (χ3v) is 4.59. The van der Waals surface area contributed by atoms with Crippen molar-refractivity contribution in [1.82, 2.24) is 5.32 Å². The average Bonchev–Trinajstić information content (AvgIpc) is 3.04. The molecule has 1 aliphatic rings. The zero-order valence-corrected chi connectivity index (χ0v) is 14.6. The lowest BCUT2D eigenvalue weighted by atomic mass is 9.92. The zero-order chi connectivity index (χ0) is 16.4. The first-order valence-electron chi connectivity index (χ1n) is 8.62. The van der Waals surface area contributed by atoms with Crippen LogP contribution in [0.2, 0.25) is 0 Å². The normalized spacial score (nSPS) is 17.8. The molecule has 2 nitrogen and oxygen atoms in total. The van der Waals surface area contributed by atoms with Crippen LogP contribution < -0.4 is 5.32 Å². The highest BCUT2D eigenvalue weighted by molar-refractivity contribution is 5.62. The molecule has 0 saturated heterocycles. The molecule has 0 radical (unpaired) electrons. The van der Waals surface area contributed by atoms with E-state index in [0.29, 0.717) is 11.8 Å². The number of hydrogen-bond acceptors (Lipinski definition) is 1. The minimum absolute atomic E-state index is 0.216. The van der Waals surface area contributed by atoms with Crippen LogP contribution in [0.5, 0.6) is 0 Å². The van der Waals surface area contributed by atoms with Crippen molar-refractivity contribution in [2.24, 2.45) is 0 Å². The highest BCUT2D eigenvalue weighted by Crippen LogP contribution is 2.37. The molecule has 3 rings (SSSR count). The van der Waals surface area contributed by atoms with E-state index in [4.69, 9.17) is 0 Å². The van der Waals surface area contributed by atoms with Gasteiger partial charge in [-0.2, -0.15) is 4.58 Å². The second kappa shape index (κ2) is 6.67. The second-order valence-electron chi connectivity index (χ2n) is 6.91. The number of para-hydroxylation sites is 1. The van der Waals surface area contributed by atoms with Crippen molar-refractivity contribution in [1.29, 1.82) is 0 Å². The largest absolute Gasteiger partial charge is 0.245 e. The molecule has 2 aromatic rings. The van der Waals surface area contributed by atoms with Gasteiger partial charge in [0.15, 0.2) is 6.21 Å². The van der Waals surface area contributed by atoms with Crippen LogP contribution >= 0.6 is 0 Å². The lowest BCUT2D eigenvalue weighted by Crippen LogP contribution is -2.22. The molecular weight excluding hydrogens is 280 g/mol. The van der Waals surface area contributed by atoms with Gasteiger partial charge in [-0.05, 0) is 11.8 Å². The maximum atomic E-state index is 3.62. The standard InChI is InChI=1S/C21H27N2/c1-15(2)18-11-8-12-19(16(3)4)20(18)23-14-13-22-21(23)17-9-6-5-7-10-17/h5-12,14-16,21-22H,13H2,1-4H3/q+1. The van der Waals surface area contributed by atoms with E-state index < -0.39 is 0 Å². The van der Waals surface area contributed by atoms with Gasteiger partial charge in [0, 0.05) is 16.7 Å². The van der Waals surface area contributed by atoms with Crippen molar-refractivity contribution in [3.8, 4) is 0 Å². The molecule has 0 fully saturated rings. The molecule has 0 spiro atoms. The van der Waals surface area contributed by atoms with Crippen LogP contribution in [0.25, 0.3) is 0 Å². The first kappa shape index (κ1) is 15.9. The molecule has 0 aromatic heterocycles. The minimum atomic E-state index is 0.216. The molecule has 120 valence electrons. The highest BCUT2D eigenvalue weighted by atomic mass is 15.2. The van der Waals surface area contributed by atoms with Gasteiger partial charge in [-0.25, -0.2) is 5.32 Å². The molecule has 0 aliphatic carbocycles. The molecule has 0 amide bonds. The third-order valence-electron chi connectivity index (χ3n) is 4.59. The highest BCUT2D eigenvalue weighted by Gasteiger charge is 2.33. The molecule has 2 heteroatoms. The first-order valence-corrected chi connectivity index (χ1v) is 8.62. The Kier molecular flexibility index (Phi) is 4.63. The van der Waals surface area contributed by atoms with Crippen LogP contribution in [0, 0.1) is 0 Å². The topological polar surface area (TPSA) is 15.0 Å². The van der Waals surface area contributed by atoms with Crippen molar-refractivity contribution < 1.29 is 4.58 Å². The van der Waals surface area contributed by atoms with Crippen molar-refractivity contribution in [3.63, 3.8) is 0 Å². The number of hydrogen-bond donors (Lipinski definition) is 1. The van der Waals surface area contributed by atoms with Crippen LogP contribution in [0.15, 0.2) is 48.5 Å². The smallest absolute Gasteiger partial charge is 0.238 e. The molecule has 2 aromatic carbocycles. The number of nitrogens with one attached hydrogen (secondary N) is 1. The number of nitrogens with zero attached hydrogens (tertiary/aromatic N) is 1. The maximum absolute atomic E-state index is 3.62. The summed E-state index contributed by atoms with van der Waals surface area (Å²) in [7, 11) is 0.